The summed E-state index contributed by atoms with van der Waals surface area (Å²) in [6.07, 6.45) is 1.48. The normalized spacial score (nSPS) is 18.9. The largest absolute Gasteiger partial charge is 0.355 e. The molecule has 8 heteroatoms. The third-order valence-corrected chi connectivity index (χ3v) is 7.50. The number of carbonyl (C=O) groups is 1. The molecule has 1 unspecified atom stereocenters. The lowest BCUT2D eigenvalue weighted by atomic mass is 9.99. The van der Waals surface area contributed by atoms with E-state index in [9.17, 15) is 13.2 Å². The molecule has 140 valence electrons. The van der Waals surface area contributed by atoms with Crippen LogP contribution in [0.4, 0.5) is 0 Å². The zero-order valence-corrected chi connectivity index (χ0v) is 16.8. The lowest BCUT2D eigenvalue weighted by Crippen LogP contribution is -2.46. The summed E-state index contributed by atoms with van der Waals surface area (Å²) in [7, 11) is -3.21. The van der Waals surface area contributed by atoms with Gasteiger partial charge in [0.1, 0.15) is 0 Å². The van der Waals surface area contributed by atoms with Gasteiger partial charge in [0.2, 0.25) is 15.9 Å². The maximum atomic E-state index is 12.3. The van der Waals surface area contributed by atoms with E-state index in [1.165, 1.54) is 4.31 Å². The molecule has 0 bridgehead atoms. The fourth-order valence-corrected chi connectivity index (χ4v) is 5.10. The molecule has 0 radical (unpaired) electrons. The maximum Gasteiger partial charge on any atom is 0.224 e. The Kier molecular flexibility index (Phi) is 8.06. The van der Waals surface area contributed by atoms with E-state index in [2.05, 4.69) is 5.32 Å². The summed E-state index contributed by atoms with van der Waals surface area (Å²) < 4.78 is 25.4. The van der Waals surface area contributed by atoms with Crippen LogP contribution in [-0.4, -0.2) is 49.8 Å². The lowest BCUT2D eigenvalue weighted by Gasteiger charge is -2.30. The number of carbonyl (C=O) groups excluding carboxylic acids is 1. The summed E-state index contributed by atoms with van der Waals surface area (Å²) in [4.78, 5) is 12.3. The first-order valence-corrected chi connectivity index (χ1v) is 11.6. The lowest BCUT2D eigenvalue weighted by molar-refractivity contribution is -0.125. The van der Waals surface area contributed by atoms with Crippen molar-refractivity contribution in [1.82, 2.24) is 9.62 Å². The molecule has 1 heterocycles. The predicted octanol–water partition coefficient (Wildman–Crippen LogP) is 2.75. The number of thioether (sulfide) groups is 1. The van der Waals surface area contributed by atoms with Crippen LogP contribution >= 0.6 is 23.4 Å². The summed E-state index contributed by atoms with van der Waals surface area (Å²) in [6, 6.07) is 7.74. The minimum atomic E-state index is -3.21. The van der Waals surface area contributed by atoms with E-state index < -0.39 is 10.0 Å². The van der Waals surface area contributed by atoms with Crippen LogP contribution in [0.2, 0.25) is 5.02 Å². The summed E-state index contributed by atoms with van der Waals surface area (Å²) in [5.41, 5.74) is 1.09. The van der Waals surface area contributed by atoms with Gasteiger partial charge >= 0.3 is 0 Å². The van der Waals surface area contributed by atoms with Gasteiger partial charge in [-0.15, -0.1) is 0 Å². The molecule has 1 amide bonds. The number of benzene rings is 1. The van der Waals surface area contributed by atoms with E-state index in [1.54, 1.807) is 18.7 Å². The SMILES string of the molecule is CCS(=O)(=O)N1CCCC(C(=O)NCCSCc2ccccc2Cl)C1. The number of nitrogens with one attached hydrogen (secondary N) is 1. The van der Waals surface area contributed by atoms with Gasteiger partial charge in [0.15, 0.2) is 0 Å². The summed E-state index contributed by atoms with van der Waals surface area (Å²) in [5, 5.41) is 3.69. The quantitative estimate of drug-likeness (QED) is 0.676. The molecule has 0 aromatic heterocycles. The first kappa shape index (κ1) is 20.6. The second kappa shape index (κ2) is 9.80. The molecule has 0 saturated carbocycles. The number of rotatable bonds is 8. The Bertz CT molecular complexity index is 682. The molecule has 1 atom stereocenters. The number of hydrogen-bond donors (Lipinski definition) is 1. The van der Waals surface area contributed by atoms with Gasteiger partial charge in [-0.2, -0.15) is 11.8 Å². The molecule has 25 heavy (non-hydrogen) atoms. The van der Waals surface area contributed by atoms with E-state index in [0.717, 1.165) is 34.9 Å². The number of amides is 1. The molecule has 5 nitrogen and oxygen atoms in total. The van der Waals surface area contributed by atoms with Crippen molar-refractivity contribution < 1.29 is 13.2 Å². The molecular formula is C17H25ClN2O3S2. The molecular weight excluding hydrogens is 380 g/mol. The van der Waals surface area contributed by atoms with Crippen LogP contribution in [0.3, 0.4) is 0 Å². The molecule has 1 fully saturated rings. The van der Waals surface area contributed by atoms with E-state index in [0.29, 0.717) is 19.6 Å². The Hall–Kier alpha value is -0.760. The first-order valence-electron chi connectivity index (χ1n) is 8.50. The number of piperidine rings is 1. The van der Waals surface area contributed by atoms with Gasteiger partial charge < -0.3 is 5.32 Å². The third kappa shape index (κ3) is 6.16. The Morgan fingerprint density at radius 3 is 2.88 bits per heavy atom. The average Bonchev–Trinajstić information content (AvgIpc) is 2.63. The zero-order valence-electron chi connectivity index (χ0n) is 14.4. The summed E-state index contributed by atoms with van der Waals surface area (Å²) in [6.45, 7) is 3.03. The molecule has 1 N–H and O–H groups in total. The van der Waals surface area contributed by atoms with Crippen molar-refractivity contribution in [3.8, 4) is 0 Å². The highest BCUT2D eigenvalue weighted by atomic mass is 35.5. The average molecular weight is 405 g/mol. The van der Waals surface area contributed by atoms with Gasteiger partial charge in [0.25, 0.3) is 0 Å². The highest BCUT2D eigenvalue weighted by Crippen LogP contribution is 2.21. The monoisotopic (exact) mass is 404 g/mol. The fraction of sp³-hybridized carbons (Fsp3) is 0.588. The minimum absolute atomic E-state index is 0.0469. The standard InChI is InChI=1S/C17H25ClN2O3S2/c1-2-25(22,23)20-10-5-7-14(12-20)17(21)19-9-11-24-13-15-6-3-4-8-16(15)18/h3-4,6,8,14H,2,5,7,9-13H2,1H3,(H,19,21). The van der Waals surface area contributed by atoms with Gasteiger partial charge in [-0.05, 0) is 31.4 Å². The molecule has 0 aliphatic carbocycles. The van der Waals surface area contributed by atoms with Crippen molar-refractivity contribution in [2.45, 2.75) is 25.5 Å². The molecule has 1 saturated heterocycles. The second-order valence-corrected chi connectivity index (χ2v) is 9.80. The highest BCUT2D eigenvalue weighted by Gasteiger charge is 2.31. The number of sulfonamides is 1. The second-order valence-electron chi connectivity index (χ2n) is 6.03. The summed E-state index contributed by atoms with van der Waals surface area (Å²) >= 11 is 7.83. The van der Waals surface area contributed by atoms with Crippen LogP contribution < -0.4 is 5.32 Å². The summed E-state index contributed by atoms with van der Waals surface area (Å²) in [5.74, 6) is 1.39. The van der Waals surface area contributed by atoms with Crippen molar-refractivity contribution >= 4 is 39.3 Å². The van der Waals surface area contributed by atoms with Crippen LogP contribution in [0.15, 0.2) is 24.3 Å². The topological polar surface area (TPSA) is 66.5 Å². The van der Waals surface area contributed by atoms with E-state index in [4.69, 9.17) is 11.6 Å². The zero-order chi connectivity index (χ0) is 18.3. The third-order valence-electron chi connectivity index (χ3n) is 4.27. The highest BCUT2D eigenvalue weighted by molar-refractivity contribution is 7.98. The number of halogens is 1. The van der Waals surface area contributed by atoms with E-state index in [-0.39, 0.29) is 17.6 Å². The van der Waals surface area contributed by atoms with E-state index >= 15 is 0 Å². The maximum absolute atomic E-state index is 12.3. The Morgan fingerprint density at radius 1 is 1.40 bits per heavy atom. The van der Waals surface area contributed by atoms with Crippen molar-refractivity contribution in [1.29, 1.82) is 0 Å². The smallest absolute Gasteiger partial charge is 0.224 e. The van der Waals surface area contributed by atoms with Crippen LogP contribution in [0.5, 0.6) is 0 Å². The fourth-order valence-electron chi connectivity index (χ4n) is 2.78. The van der Waals surface area contributed by atoms with Crippen LogP contribution in [0.1, 0.15) is 25.3 Å². The molecule has 1 aliphatic heterocycles. The van der Waals surface area contributed by atoms with Gasteiger partial charge in [-0.25, -0.2) is 12.7 Å². The molecule has 1 aromatic rings. The molecule has 0 spiro atoms. The van der Waals surface area contributed by atoms with Crippen molar-refractivity contribution in [3.63, 3.8) is 0 Å². The Labute approximate surface area is 159 Å². The predicted molar refractivity (Wildman–Crippen MR) is 104 cm³/mol. The van der Waals surface area contributed by atoms with Crippen LogP contribution in [0.25, 0.3) is 0 Å². The number of nitrogens with zero attached hydrogens (tertiary/aromatic N) is 1. The van der Waals surface area contributed by atoms with Crippen LogP contribution in [-0.2, 0) is 20.6 Å². The molecule has 2 rings (SSSR count). The first-order chi connectivity index (χ1) is 11.9. The number of hydrogen-bond acceptors (Lipinski definition) is 4. The Morgan fingerprint density at radius 2 is 2.16 bits per heavy atom. The van der Waals surface area contributed by atoms with Gasteiger partial charge in [-0.1, -0.05) is 29.8 Å². The van der Waals surface area contributed by atoms with Crippen molar-refractivity contribution in [2.24, 2.45) is 5.92 Å². The molecule has 1 aliphatic rings. The van der Waals surface area contributed by atoms with Gasteiger partial charge in [0, 0.05) is 36.2 Å². The van der Waals surface area contributed by atoms with Gasteiger partial charge in [-0.3, -0.25) is 4.79 Å². The van der Waals surface area contributed by atoms with Gasteiger partial charge in [0.05, 0.1) is 11.7 Å². The van der Waals surface area contributed by atoms with Crippen molar-refractivity contribution in [3.05, 3.63) is 34.9 Å². The Balaban J connectivity index is 1.70. The van der Waals surface area contributed by atoms with E-state index in [1.807, 2.05) is 24.3 Å². The van der Waals surface area contributed by atoms with Crippen LogP contribution in [0, 0.1) is 5.92 Å². The molecule has 1 aromatic carbocycles. The van der Waals surface area contributed by atoms with Crippen molar-refractivity contribution in [2.75, 3.05) is 31.1 Å². The minimum Gasteiger partial charge on any atom is -0.355 e.